The van der Waals surface area contributed by atoms with Gasteiger partial charge in [-0.05, 0) is 82.4 Å². The second kappa shape index (κ2) is 12.5. The molecule has 1 saturated heterocycles. The van der Waals surface area contributed by atoms with Crippen molar-refractivity contribution < 1.29 is 28.5 Å². The summed E-state index contributed by atoms with van der Waals surface area (Å²) in [6.07, 6.45) is 5.92. The van der Waals surface area contributed by atoms with Crippen molar-refractivity contribution in [2.45, 2.75) is 64.6 Å². The number of rotatable bonds is 10. The summed E-state index contributed by atoms with van der Waals surface area (Å²) < 4.78 is 23.3. The van der Waals surface area contributed by atoms with Gasteiger partial charge < -0.3 is 28.7 Å². The molecule has 0 unspecified atom stereocenters. The van der Waals surface area contributed by atoms with E-state index in [9.17, 15) is 9.59 Å². The van der Waals surface area contributed by atoms with Gasteiger partial charge in [-0.15, -0.1) is 6.58 Å². The molecule has 0 N–H and O–H groups in total. The van der Waals surface area contributed by atoms with Gasteiger partial charge in [-0.25, -0.2) is 4.79 Å². The number of amides is 2. The average Bonchev–Trinajstić information content (AvgIpc) is 3.67. The highest BCUT2D eigenvalue weighted by Gasteiger charge is 2.32. The summed E-state index contributed by atoms with van der Waals surface area (Å²) in [4.78, 5) is 29.2. The maximum absolute atomic E-state index is 13.6. The van der Waals surface area contributed by atoms with Crippen LogP contribution in [0.2, 0.25) is 0 Å². The number of carbonyl (C=O) groups is 2. The molecule has 2 fully saturated rings. The fraction of sp³-hybridized carbons (Fsp3) is 0.438. The van der Waals surface area contributed by atoms with Gasteiger partial charge in [0, 0.05) is 31.3 Å². The lowest BCUT2D eigenvalue weighted by atomic mass is 10.1. The van der Waals surface area contributed by atoms with Gasteiger partial charge in [0.2, 0.25) is 0 Å². The van der Waals surface area contributed by atoms with Crippen molar-refractivity contribution in [3.05, 3.63) is 72.5 Å². The first kappa shape index (κ1) is 29.1. The fourth-order valence-electron chi connectivity index (χ4n) is 4.56. The van der Waals surface area contributed by atoms with E-state index in [1.165, 1.54) is 18.4 Å². The summed E-state index contributed by atoms with van der Waals surface area (Å²) in [5.41, 5.74) is 1.36. The molecule has 1 atom stereocenters. The number of hydrogen-bond donors (Lipinski definition) is 0. The minimum absolute atomic E-state index is 0.201. The van der Waals surface area contributed by atoms with Crippen LogP contribution < -0.4 is 19.1 Å². The third kappa shape index (κ3) is 7.37. The normalized spacial score (nSPS) is 17.3. The fourth-order valence-corrected chi connectivity index (χ4v) is 4.56. The number of allylic oxidation sites excluding steroid dienone is 1. The van der Waals surface area contributed by atoms with Gasteiger partial charge in [-0.1, -0.05) is 18.2 Å². The van der Waals surface area contributed by atoms with E-state index in [0.717, 1.165) is 0 Å². The van der Waals surface area contributed by atoms with Crippen LogP contribution in [0.3, 0.4) is 0 Å². The Hall–Kier alpha value is -3.94. The first-order valence-corrected chi connectivity index (χ1v) is 13.8. The molecule has 214 valence electrons. The van der Waals surface area contributed by atoms with Crippen LogP contribution in [0.1, 0.15) is 58.4 Å². The summed E-state index contributed by atoms with van der Waals surface area (Å²) in [5, 5.41) is 0. The molecule has 4 rings (SSSR count). The zero-order valence-electron chi connectivity index (χ0n) is 24.1. The van der Waals surface area contributed by atoms with Gasteiger partial charge >= 0.3 is 6.09 Å². The lowest BCUT2D eigenvalue weighted by Gasteiger charge is -2.25. The Kier molecular flexibility index (Phi) is 9.07. The predicted octanol–water partition coefficient (Wildman–Crippen LogP) is 6.46. The maximum Gasteiger partial charge on any atom is 0.410 e. The Morgan fingerprint density at radius 1 is 1.07 bits per heavy atom. The maximum atomic E-state index is 13.6. The molecular weight excluding hydrogens is 508 g/mol. The molecular formula is C32H40N2O6. The van der Waals surface area contributed by atoms with Crippen LogP contribution in [-0.2, 0) is 9.53 Å². The third-order valence-corrected chi connectivity index (χ3v) is 6.74. The van der Waals surface area contributed by atoms with E-state index >= 15 is 0 Å². The van der Waals surface area contributed by atoms with Crippen LogP contribution in [-0.4, -0.2) is 55.3 Å². The number of carbonyl (C=O) groups excluding carboxylic acids is 2. The zero-order chi connectivity index (χ0) is 28.9. The van der Waals surface area contributed by atoms with E-state index in [4.69, 9.17) is 18.9 Å². The van der Waals surface area contributed by atoms with E-state index in [1.54, 1.807) is 54.2 Å². The number of likely N-dealkylation sites (tertiary alicyclic amines) is 1. The SMILES string of the molecule is C=CCN(C(=O)/C(=C/C)Oc1ccc(C2CC2)cc1)c1ccc(O[C@@H]2CCN(C(=O)OC(C)(C)C)C2)c(OC)c1. The molecule has 2 aromatic rings. The van der Waals surface area contributed by atoms with Crippen LogP contribution >= 0.6 is 0 Å². The summed E-state index contributed by atoms with van der Waals surface area (Å²) in [7, 11) is 1.55. The number of nitrogens with zero attached hydrogens (tertiary/aromatic N) is 2. The second-order valence-corrected chi connectivity index (χ2v) is 11.1. The molecule has 0 bridgehead atoms. The Bertz CT molecular complexity index is 1240. The highest BCUT2D eigenvalue weighted by molar-refractivity contribution is 6.04. The van der Waals surface area contributed by atoms with Gasteiger partial charge in [-0.3, -0.25) is 4.79 Å². The Morgan fingerprint density at radius 2 is 1.80 bits per heavy atom. The van der Waals surface area contributed by atoms with E-state index in [-0.39, 0.29) is 30.4 Å². The molecule has 0 spiro atoms. The molecule has 1 heterocycles. The van der Waals surface area contributed by atoms with Crippen LogP contribution in [0.5, 0.6) is 17.2 Å². The van der Waals surface area contributed by atoms with Gasteiger partial charge in [0.15, 0.2) is 17.3 Å². The highest BCUT2D eigenvalue weighted by atomic mass is 16.6. The van der Waals surface area contributed by atoms with E-state index in [2.05, 4.69) is 18.7 Å². The number of anilines is 1. The molecule has 1 aliphatic heterocycles. The lowest BCUT2D eigenvalue weighted by molar-refractivity contribution is -0.117. The largest absolute Gasteiger partial charge is 0.493 e. The number of benzene rings is 2. The zero-order valence-corrected chi connectivity index (χ0v) is 24.1. The standard InChI is InChI=1S/C32H40N2O6/c1-7-18-34(30(35)27(8-2)38-25-14-11-23(12-15-25)22-9-10-22)24-13-16-28(29(20-24)37-6)39-26-17-19-33(21-26)31(36)40-32(3,4)5/h7-8,11-16,20,22,26H,1,9-10,17-19,21H2,2-6H3/b27-8-/t26-/m1/s1. The molecule has 8 heteroatoms. The average molecular weight is 549 g/mol. The van der Waals surface area contributed by atoms with Crippen molar-refractivity contribution in [3.63, 3.8) is 0 Å². The second-order valence-electron chi connectivity index (χ2n) is 11.1. The molecule has 8 nitrogen and oxygen atoms in total. The van der Waals surface area contributed by atoms with Crippen molar-refractivity contribution in [1.29, 1.82) is 0 Å². The predicted molar refractivity (Wildman–Crippen MR) is 155 cm³/mol. The lowest BCUT2D eigenvalue weighted by Crippen LogP contribution is -2.36. The molecule has 0 radical (unpaired) electrons. The molecule has 2 amide bonds. The summed E-state index contributed by atoms with van der Waals surface area (Å²) in [6.45, 7) is 12.4. The Labute approximate surface area is 237 Å². The third-order valence-electron chi connectivity index (χ3n) is 6.74. The number of hydrogen-bond acceptors (Lipinski definition) is 6. The van der Waals surface area contributed by atoms with Crippen LogP contribution in [0, 0.1) is 0 Å². The van der Waals surface area contributed by atoms with E-state index in [0.29, 0.717) is 48.4 Å². The smallest absolute Gasteiger partial charge is 0.410 e. The van der Waals surface area contributed by atoms with Crippen molar-refractivity contribution in [3.8, 4) is 17.2 Å². The molecule has 0 aromatic heterocycles. The number of methoxy groups -OCH3 is 1. The first-order chi connectivity index (χ1) is 19.1. The van der Waals surface area contributed by atoms with Crippen LogP contribution in [0.15, 0.2) is 67.0 Å². The van der Waals surface area contributed by atoms with Crippen LogP contribution in [0.4, 0.5) is 10.5 Å². The minimum Gasteiger partial charge on any atom is -0.493 e. The summed E-state index contributed by atoms with van der Waals surface area (Å²) in [5.74, 6) is 2.20. The Balaban J connectivity index is 1.45. The van der Waals surface area contributed by atoms with Gasteiger partial charge in [0.25, 0.3) is 5.91 Å². The van der Waals surface area contributed by atoms with Crippen molar-refractivity contribution in [2.24, 2.45) is 0 Å². The monoisotopic (exact) mass is 548 g/mol. The topological polar surface area (TPSA) is 77.5 Å². The van der Waals surface area contributed by atoms with E-state index in [1.807, 2.05) is 32.9 Å². The molecule has 1 saturated carbocycles. The molecule has 1 aliphatic carbocycles. The van der Waals surface area contributed by atoms with Crippen molar-refractivity contribution >= 4 is 17.7 Å². The molecule has 2 aromatic carbocycles. The summed E-state index contributed by atoms with van der Waals surface area (Å²) in [6, 6.07) is 13.3. The minimum atomic E-state index is -0.553. The van der Waals surface area contributed by atoms with Crippen molar-refractivity contribution in [2.75, 3.05) is 31.6 Å². The number of ether oxygens (including phenoxy) is 4. The van der Waals surface area contributed by atoms with Gasteiger partial charge in [0.1, 0.15) is 17.5 Å². The first-order valence-electron chi connectivity index (χ1n) is 13.8. The Morgan fingerprint density at radius 3 is 2.40 bits per heavy atom. The van der Waals surface area contributed by atoms with Gasteiger partial charge in [-0.2, -0.15) is 0 Å². The van der Waals surface area contributed by atoms with Gasteiger partial charge in [0.05, 0.1) is 13.7 Å². The van der Waals surface area contributed by atoms with Crippen LogP contribution in [0.25, 0.3) is 0 Å². The van der Waals surface area contributed by atoms with E-state index < -0.39 is 5.60 Å². The highest BCUT2D eigenvalue weighted by Crippen LogP contribution is 2.40. The summed E-state index contributed by atoms with van der Waals surface area (Å²) >= 11 is 0. The quantitative estimate of drug-likeness (QED) is 0.193. The molecule has 2 aliphatic rings. The van der Waals surface area contributed by atoms with Crippen molar-refractivity contribution in [1.82, 2.24) is 4.90 Å². The molecule has 40 heavy (non-hydrogen) atoms.